The van der Waals surface area contributed by atoms with Crippen LogP contribution >= 0.6 is 0 Å². The van der Waals surface area contributed by atoms with E-state index in [0.29, 0.717) is 19.8 Å². The van der Waals surface area contributed by atoms with E-state index >= 15 is 0 Å². The summed E-state index contributed by atoms with van der Waals surface area (Å²) < 4.78 is 15.2. The first-order valence-corrected chi connectivity index (χ1v) is 6.59. The first-order chi connectivity index (χ1) is 8.65. The Hall–Kier alpha value is -1.10. The molecule has 0 aliphatic rings. The second-order valence-electron chi connectivity index (χ2n) is 3.95. The van der Waals surface area contributed by atoms with Crippen LogP contribution in [0.25, 0.3) is 0 Å². The van der Waals surface area contributed by atoms with E-state index in [1.54, 1.807) is 0 Å². The van der Waals surface area contributed by atoms with E-state index in [1.807, 2.05) is 20.8 Å². The van der Waals surface area contributed by atoms with Gasteiger partial charge in [-0.2, -0.15) is 0 Å². The number of hydrogen-bond acceptors (Lipinski definition) is 5. The lowest BCUT2D eigenvalue weighted by molar-refractivity contribution is -0.164. The third-order valence-electron chi connectivity index (χ3n) is 2.05. The normalized spacial score (nSPS) is 11.9. The van der Waals surface area contributed by atoms with Crippen LogP contribution in [0.2, 0.25) is 0 Å². The zero-order chi connectivity index (χ0) is 13.8. The summed E-state index contributed by atoms with van der Waals surface area (Å²) in [6.45, 7) is 6.88. The summed E-state index contributed by atoms with van der Waals surface area (Å²) in [5.74, 6) is -0.912. The molecule has 1 atom stereocenters. The number of esters is 2. The van der Waals surface area contributed by atoms with Gasteiger partial charge in [0.25, 0.3) is 0 Å². The van der Waals surface area contributed by atoms with Crippen molar-refractivity contribution in [3.8, 4) is 0 Å². The van der Waals surface area contributed by atoms with E-state index in [0.717, 1.165) is 19.3 Å². The molecule has 18 heavy (non-hydrogen) atoms. The second-order valence-corrected chi connectivity index (χ2v) is 3.95. The lowest BCUT2D eigenvalue weighted by Gasteiger charge is -2.15. The third-order valence-corrected chi connectivity index (χ3v) is 2.05. The summed E-state index contributed by atoms with van der Waals surface area (Å²) >= 11 is 0. The largest absolute Gasteiger partial charge is 0.466 e. The molecule has 5 nitrogen and oxygen atoms in total. The second kappa shape index (κ2) is 11.0. The molecule has 0 saturated heterocycles. The minimum absolute atomic E-state index is 0.0808. The van der Waals surface area contributed by atoms with E-state index in [1.165, 1.54) is 0 Å². The predicted molar refractivity (Wildman–Crippen MR) is 67.1 cm³/mol. The summed E-state index contributed by atoms with van der Waals surface area (Å²) in [5, 5.41) is 0. The van der Waals surface area contributed by atoms with Crippen molar-refractivity contribution >= 4 is 11.9 Å². The summed E-state index contributed by atoms with van der Waals surface area (Å²) in [6, 6.07) is 0. The van der Waals surface area contributed by atoms with Crippen molar-refractivity contribution in [3.63, 3.8) is 0 Å². The smallest absolute Gasteiger partial charge is 0.335 e. The van der Waals surface area contributed by atoms with Crippen LogP contribution in [-0.4, -0.2) is 37.9 Å². The van der Waals surface area contributed by atoms with E-state index < -0.39 is 18.0 Å². The molecule has 0 saturated carbocycles. The molecular formula is C13H24O5. The molecule has 0 bridgehead atoms. The van der Waals surface area contributed by atoms with Crippen molar-refractivity contribution in [1.29, 1.82) is 0 Å². The third kappa shape index (κ3) is 8.06. The van der Waals surface area contributed by atoms with Crippen LogP contribution in [0, 0.1) is 0 Å². The topological polar surface area (TPSA) is 61.8 Å². The SMILES string of the molecule is CCCOC(=O)CC(OCCC)C(=O)OCCC. The molecule has 0 heterocycles. The Balaban J connectivity index is 4.19. The average molecular weight is 260 g/mol. The number of carbonyl (C=O) groups excluding carboxylic acids is 2. The van der Waals surface area contributed by atoms with Gasteiger partial charge in [-0.05, 0) is 19.3 Å². The van der Waals surface area contributed by atoms with Crippen molar-refractivity contribution in [1.82, 2.24) is 0 Å². The Labute approximate surface area is 109 Å². The molecule has 0 aromatic heterocycles. The van der Waals surface area contributed by atoms with E-state index in [-0.39, 0.29) is 6.42 Å². The van der Waals surface area contributed by atoms with Crippen LogP contribution in [0.3, 0.4) is 0 Å². The van der Waals surface area contributed by atoms with Crippen LogP contribution in [-0.2, 0) is 23.8 Å². The fourth-order valence-corrected chi connectivity index (χ4v) is 1.19. The summed E-state index contributed by atoms with van der Waals surface area (Å²) in [7, 11) is 0. The van der Waals surface area contributed by atoms with Gasteiger partial charge in [-0.3, -0.25) is 4.79 Å². The van der Waals surface area contributed by atoms with E-state index in [4.69, 9.17) is 14.2 Å². The molecule has 0 aliphatic heterocycles. The highest BCUT2D eigenvalue weighted by molar-refractivity contribution is 5.81. The van der Waals surface area contributed by atoms with Crippen LogP contribution in [0.1, 0.15) is 46.5 Å². The molecular weight excluding hydrogens is 236 g/mol. The number of ether oxygens (including phenoxy) is 3. The van der Waals surface area contributed by atoms with E-state index in [9.17, 15) is 9.59 Å². The van der Waals surface area contributed by atoms with Gasteiger partial charge in [-0.15, -0.1) is 0 Å². The molecule has 0 fully saturated rings. The van der Waals surface area contributed by atoms with Crippen molar-refractivity contribution < 1.29 is 23.8 Å². The highest BCUT2D eigenvalue weighted by atomic mass is 16.6. The fraction of sp³-hybridized carbons (Fsp3) is 0.846. The Morgan fingerprint density at radius 3 is 2.00 bits per heavy atom. The van der Waals surface area contributed by atoms with E-state index in [2.05, 4.69) is 0 Å². The molecule has 0 rings (SSSR count). The number of hydrogen-bond donors (Lipinski definition) is 0. The molecule has 0 aromatic rings. The summed E-state index contributed by atoms with van der Waals surface area (Å²) in [6.07, 6.45) is 1.35. The maximum Gasteiger partial charge on any atom is 0.335 e. The molecule has 1 unspecified atom stereocenters. The van der Waals surface area contributed by atoms with Crippen molar-refractivity contribution in [2.75, 3.05) is 19.8 Å². The van der Waals surface area contributed by atoms with Gasteiger partial charge in [0.15, 0.2) is 6.10 Å². The maximum atomic E-state index is 11.7. The van der Waals surface area contributed by atoms with Gasteiger partial charge in [-0.25, -0.2) is 4.79 Å². The van der Waals surface area contributed by atoms with Crippen LogP contribution in [0.5, 0.6) is 0 Å². The molecule has 0 aliphatic carbocycles. The highest BCUT2D eigenvalue weighted by Crippen LogP contribution is 2.05. The summed E-state index contributed by atoms with van der Waals surface area (Å²) in [5.41, 5.74) is 0. The Kier molecular flexibility index (Phi) is 10.3. The molecule has 0 amide bonds. The molecule has 0 spiro atoms. The van der Waals surface area contributed by atoms with Crippen molar-refractivity contribution in [3.05, 3.63) is 0 Å². The van der Waals surface area contributed by atoms with Crippen LogP contribution in [0.15, 0.2) is 0 Å². The van der Waals surface area contributed by atoms with Gasteiger partial charge in [0.1, 0.15) is 0 Å². The molecule has 0 radical (unpaired) electrons. The zero-order valence-electron chi connectivity index (χ0n) is 11.6. The summed E-state index contributed by atoms with van der Waals surface area (Å²) in [4.78, 5) is 23.1. The van der Waals surface area contributed by atoms with Gasteiger partial charge in [0.05, 0.1) is 19.6 Å². The lowest BCUT2D eigenvalue weighted by atomic mass is 10.2. The first-order valence-electron chi connectivity index (χ1n) is 6.59. The Morgan fingerprint density at radius 1 is 0.889 bits per heavy atom. The highest BCUT2D eigenvalue weighted by Gasteiger charge is 2.24. The standard InChI is InChI=1S/C13H24O5/c1-4-7-16-11(13(15)18-9-6-3)10-12(14)17-8-5-2/h11H,4-10H2,1-3H3. The fourth-order valence-electron chi connectivity index (χ4n) is 1.19. The lowest BCUT2D eigenvalue weighted by Crippen LogP contribution is -2.30. The maximum absolute atomic E-state index is 11.7. The van der Waals surface area contributed by atoms with Crippen molar-refractivity contribution in [2.45, 2.75) is 52.6 Å². The average Bonchev–Trinajstić information content (AvgIpc) is 2.38. The first kappa shape index (κ1) is 16.9. The molecule has 106 valence electrons. The number of carbonyl (C=O) groups is 2. The monoisotopic (exact) mass is 260 g/mol. The Morgan fingerprint density at radius 2 is 1.44 bits per heavy atom. The zero-order valence-corrected chi connectivity index (χ0v) is 11.6. The predicted octanol–water partition coefficient (Wildman–Crippen LogP) is 2.08. The van der Waals surface area contributed by atoms with Gasteiger partial charge < -0.3 is 14.2 Å². The molecule has 0 N–H and O–H groups in total. The quantitative estimate of drug-likeness (QED) is 0.563. The van der Waals surface area contributed by atoms with Crippen LogP contribution in [0.4, 0.5) is 0 Å². The van der Waals surface area contributed by atoms with Crippen LogP contribution < -0.4 is 0 Å². The van der Waals surface area contributed by atoms with Gasteiger partial charge >= 0.3 is 11.9 Å². The van der Waals surface area contributed by atoms with Gasteiger partial charge in [0.2, 0.25) is 0 Å². The van der Waals surface area contributed by atoms with Gasteiger partial charge in [-0.1, -0.05) is 20.8 Å². The molecule has 5 heteroatoms. The molecule has 0 aromatic carbocycles. The Bertz CT molecular complexity index is 240. The minimum atomic E-state index is -0.846. The van der Waals surface area contributed by atoms with Gasteiger partial charge in [0, 0.05) is 6.61 Å². The van der Waals surface area contributed by atoms with Crippen molar-refractivity contribution in [2.24, 2.45) is 0 Å². The number of rotatable bonds is 10. The minimum Gasteiger partial charge on any atom is -0.466 e.